The molecule has 186 valence electrons. The number of halogens is 6. The first-order valence-electron chi connectivity index (χ1n) is 10.5. The van der Waals surface area contributed by atoms with Crippen LogP contribution in [0.5, 0.6) is 0 Å². The van der Waals surface area contributed by atoms with E-state index in [1.165, 1.54) is 41.0 Å². The van der Waals surface area contributed by atoms with E-state index >= 15 is 0 Å². The number of imidazole rings is 1. The highest BCUT2D eigenvalue weighted by atomic mass is 19.4. The van der Waals surface area contributed by atoms with Crippen LogP contribution < -0.4 is 11.1 Å². The van der Waals surface area contributed by atoms with Gasteiger partial charge in [0.25, 0.3) is 0 Å². The van der Waals surface area contributed by atoms with E-state index in [4.69, 9.17) is 5.73 Å². The molecule has 3 N–H and O–H groups in total. The van der Waals surface area contributed by atoms with Crippen molar-refractivity contribution >= 4 is 11.6 Å². The minimum Gasteiger partial charge on any atom is -0.325 e. The van der Waals surface area contributed by atoms with Crippen LogP contribution in [0.15, 0.2) is 79.0 Å². The number of amides is 1. The molecule has 36 heavy (non-hydrogen) atoms. The number of nitrogens with two attached hydrogens (primary N) is 1. The maximum Gasteiger partial charge on any atom is 0.434 e. The molecule has 0 saturated heterocycles. The number of benzene rings is 3. The van der Waals surface area contributed by atoms with Gasteiger partial charge in [-0.15, -0.1) is 0 Å². The molecule has 0 saturated carbocycles. The largest absolute Gasteiger partial charge is 0.434 e. The summed E-state index contributed by atoms with van der Waals surface area (Å²) in [7, 11) is 0. The Hall–Kier alpha value is -4.12. The summed E-state index contributed by atoms with van der Waals surface area (Å²) in [4.78, 5) is 15.2. The summed E-state index contributed by atoms with van der Waals surface area (Å²) >= 11 is 0. The van der Waals surface area contributed by atoms with Crippen LogP contribution in [0.25, 0.3) is 28.2 Å². The Morgan fingerprint density at radius 1 is 0.778 bits per heavy atom. The Balaban J connectivity index is 1.68. The van der Waals surface area contributed by atoms with Crippen molar-refractivity contribution in [3.05, 3.63) is 90.3 Å². The molecular formula is C25H18F6N4O. The zero-order valence-corrected chi connectivity index (χ0v) is 18.4. The fourth-order valence-corrected chi connectivity index (χ4v) is 3.50. The van der Waals surface area contributed by atoms with Crippen LogP contribution in [0.4, 0.5) is 32.0 Å². The normalized spacial score (nSPS) is 12.0. The van der Waals surface area contributed by atoms with E-state index in [0.29, 0.717) is 28.1 Å². The highest BCUT2D eigenvalue weighted by Crippen LogP contribution is 2.34. The number of carbonyl (C=O) groups excluding carboxylic acids is 1. The minimum atomic E-state index is -4.69. The molecule has 3 aromatic carbocycles. The third-order valence-corrected chi connectivity index (χ3v) is 5.30. The summed E-state index contributed by atoms with van der Waals surface area (Å²) in [5.41, 5.74) is 5.65. The molecule has 1 amide bonds. The molecule has 0 unspecified atom stereocenters. The lowest BCUT2D eigenvalue weighted by Gasteiger charge is -2.11. The topological polar surface area (TPSA) is 72.9 Å². The van der Waals surface area contributed by atoms with Crippen molar-refractivity contribution in [1.29, 1.82) is 0 Å². The fraction of sp³-hybridized carbons (Fsp3) is 0.120. The highest BCUT2D eigenvalue weighted by molar-refractivity contribution is 5.92. The predicted octanol–water partition coefficient (Wildman–Crippen LogP) is 6.14. The van der Waals surface area contributed by atoms with Gasteiger partial charge in [0.05, 0.1) is 12.1 Å². The maximum absolute atomic E-state index is 13.4. The monoisotopic (exact) mass is 504 g/mol. The van der Waals surface area contributed by atoms with E-state index in [1.54, 1.807) is 24.3 Å². The molecule has 1 heterocycles. The van der Waals surface area contributed by atoms with Crippen molar-refractivity contribution in [2.24, 2.45) is 5.73 Å². The lowest BCUT2D eigenvalue weighted by Crippen LogP contribution is -2.21. The highest BCUT2D eigenvalue weighted by Gasteiger charge is 2.35. The van der Waals surface area contributed by atoms with E-state index < -0.39 is 29.5 Å². The first-order chi connectivity index (χ1) is 17.0. The smallest absolute Gasteiger partial charge is 0.325 e. The van der Waals surface area contributed by atoms with E-state index in [2.05, 4.69) is 10.3 Å². The van der Waals surface area contributed by atoms with Crippen LogP contribution in [0.3, 0.4) is 0 Å². The number of nitrogens with zero attached hydrogens (tertiary/aromatic N) is 2. The van der Waals surface area contributed by atoms with Crippen molar-refractivity contribution < 1.29 is 31.1 Å². The second-order valence-corrected chi connectivity index (χ2v) is 7.77. The van der Waals surface area contributed by atoms with Gasteiger partial charge in [-0.25, -0.2) is 4.98 Å². The van der Waals surface area contributed by atoms with Gasteiger partial charge >= 0.3 is 12.4 Å². The minimum absolute atomic E-state index is 0.0139. The second-order valence-electron chi connectivity index (χ2n) is 7.77. The van der Waals surface area contributed by atoms with Crippen LogP contribution in [0, 0.1) is 0 Å². The molecule has 0 atom stereocenters. The van der Waals surface area contributed by atoms with Crippen molar-refractivity contribution in [2.75, 3.05) is 11.9 Å². The number of hydrogen-bond acceptors (Lipinski definition) is 3. The quantitative estimate of drug-likeness (QED) is 0.321. The van der Waals surface area contributed by atoms with E-state index in [-0.39, 0.29) is 12.4 Å². The van der Waals surface area contributed by atoms with Crippen LogP contribution >= 0.6 is 0 Å². The Morgan fingerprint density at radius 2 is 1.31 bits per heavy atom. The summed E-state index contributed by atoms with van der Waals surface area (Å²) in [6.45, 7) is -0.217. The van der Waals surface area contributed by atoms with Gasteiger partial charge in [-0.2, -0.15) is 26.3 Å². The SMILES string of the molecule is NCC(=O)Nc1ccc(-n2cc(C(F)(F)F)nc2-c2ccc(-c3ccc(C(F)(F)F)cc3)cc2)cc1. The second kappa shape index (κ2) is 9.50. The van der Waals surface area contributed by atoms with Gasteiger partial charge in [0, 0.05) is 23.1 Å². The zero-order chi connectivity index (χ0) is 26.1. The number of hydrogen-bond donors (Lipinski definition) is 2. The van der Waals surface area contributed by atoms with Gasteiger partial charge in [-0.05, 0) is 47.5 Å². The van der Waals surface area contributed by atoms with Crippen molar-refractivity contribution in [3.8, 4) is 28.2 Å². The van der Waals surface area contributed by atoms with Gasteiger partial charge in [-0.1, -0.05) is 36.4 Å². The van der Waals surface area contributed by atoms with E-state index in [1.807, 2.05) is 0 Å². The molecule has 0 aliphatic heterocycles. The molecule has 0 bridgehead atoms. The molecule has 0 aliphatic carbocycles. The summed E-state index contributed by atoms with van der Waals surface area (Å²) in [6, 6.07) is 16.9. The number of carbonyl (C=O) groups is 1. The van der Waals surface area contributed by atoms with E-state index in [0.717, 1.165) is 18.3 Å². The summed E-state index contributed by atoms with van der Waals surface area (Å²) < 4.78 is 80.0. The molecule has 0 aliphatic rings. The van der Waals surface area contributed by atoms with Crippen molar-refractivity contribution in [2.45, 2.75) is 12.4 Å². The Bertz CT molecular complexity index is 1360. The number of anilines is 1. The molecule has 0 spiro atoms. The molecule has 0 radical (unpaired) electrons. The lowest BCUT2D eigenvalue weighted by atomic mass is 10.0. The summed E-state index contributed by atoms with van der Waals surface area (Å²) in [5, 5.41) is 2.55. The predicted molar refractivity (Wildman–Crippen MR) is 122 cm³/mol. The molecule has 4 aromatic rings. The first-order valence-corrected chi connectivity index (χ1v) is 10.5. The first kappa shape index (κ1) is 25.0. The van der Waals surface area contributed by atoms with Gasteiger partial charge in [-0.3, -0.25) is 9.36 Å². The maximum atomic E-state index is 13.4. The molecule has 0 fully saturated rings. The molecule has 11 heteroatoms. The van der Waals surface area contributed by atoms with Gasteiger partial charge < -0.3 is 11.1 Å². The van der Waals surface area contributed by atoms with Crippen LogP contribution in [0.2, 0.25) is 0 Å². The number of rotatable bonds is 5. The Kier molecular flexibility index (Phi) is 6.59. The van der Waals surface area contributed by atoms with Crippen LogP contribution in [-0.4, -0.2) is 22.0 Å². The van der Waals surface area contributed by atoms with Crippen LogP contribution in [0.1, 0.15) is 11.3 Å². The molecule has 1 aromatic heterocycles. The summed E-state index contributed by atoms with van der Waals surface area (Å²) in [5.74, 6) is -0.404. The third kappa shape index (κ3) is 5.41. The summed E-state index contributed by atoms with van der Waals surface area (Å²) in [6.07, 6.45) is -8.27. The number of aromatic nitrogens is 2. The van der Waals surface area contributed by atoms with Gasteiger partial charge in [0.1, 0.15) is 5.82 Å². The zero-order valence-electron chi connectivity index (χ0n) is 18.4. The van der Waals surface area contributed by atoms with Crippen molar-refractivity contribution in [3.63, 3.8) is 0 Å². The Labute approximate surface area is 201 Å². The van der Waals surface area contributed by atoms with Gasteiger partial charge in [0.2, 0.25) is 5.91 Å². The molecule has 4 rings (SSSR count). The average molecular weight is 504 g/mol. The fourth-order valence-electron chi connectivity index (χ4n) is 3.50. The van der Waals surface area contributed by atoms with Gasteiger partial charge in [0.15, 0.2) is 5.69 Å². The number of alkyl halides is 6. The Morgan fingerprint density at radius 3 is 1.81 bits per heavy atom. The van der Waals surface area contributed by atoms with Crippen molar-refractivity contribution in [1.82, 2.24) is 9.55 Å². The number of nitrogens with one attached hydrogen (secondary N) is 1. The van der Waals surface area contributed by atoms with E-state index in [9.17, 15) is 31.1 Å². The standard InChI is InChI=1S/C25H18F6N4O/c26-24(27,28)18-7-5-16(6-8-18)15-1-3-17(4-2-15)23-34-21(25(29,30)31)14-35(23)20-11-9-19(10-12-20)33-22(36)13-32/h1-12,14H,13,32H2,(H,33,36). The average Bonchev–Trinajstić information content (AvgIpc) is 3.30. The van der Waals surface area contributed by atoms with Crippen LogP contribution in [-0.2, 0) is 17.1 Å². The molecular weight excluding hydrogens is 486 g/mol. The molecule has 5 nitrogen and oxygen atoms in total. The third-order valence-electron chi connectivity index (χ3n) is 5.30. The lowest BCUT2D eigenvalue weighted by molar-refractivity contribution is -0.141.